The molecule has 9 heteroatoms. The smallest absolute Gasteiger partial charge is 0.417 e. The number of rotatable bonds is 5. The van der Waals surface area contributed by atoms with Crippen LogP contribution in [0.4, 0.5) is 19.0 Å². The molecule has 1 heterocycles. The minimum atomic E-state index is -4.67. The molecule has 0 aliphatic heterocycles. The van der Waals surface area contributed by atoms with Gasteiger partial charge in [-0.3, -0.25) is 4.79 Å². The lowest BCUT2D eigenvalue weighted by Gasteiger charge is -2.19. The third-order valence-electron chi connectivity index (χ3n) is 2.64. The highest BCUT2D eigenvalue weighted by molar-refractivity contribution is 5.70. The topological polar surface area (TPSA) is 106 Å². The molecule has 1 aromatic rings. The fourth-order valence-corrected chi connectivity index (χ4v) is 1.59. The first kappa shape index (κ1) is 17.2. The van der Waals surface area contributed by atoms with Gasteiger partial charge in [-0.2, -0.15) is 13.2 Å². The Balaban J connectivity index is 2.95. The zero-order chi connectivity index (χ0) is 16.2. The van der Waals surface area contributed by atoms with E-state index < -0.39 is 41.9 Å². The summed E-state index contributed by atoms with van der Waals surface area (Å²) in [5.74, 6) is -1.15. The SMILES string of the molecule is CCOC(=O)CC(O)C(O)c1cc(C(F)(F)F)cnc1N. The average Bonchev–Trinajstić information content (AvgIpc) is 2.37. The van der Waals surface area contributed by atoms with E-state index in [-0.39, 0.29) is 12.4 Å². The van der Waals surface area contributed by atoms with Crippen molar-refractivity contribution in [3.05, 3.63) is 23.4 Å². The number of alkyl halides is 3. The molecule has 2 unspecified atom stereocenters. The van der Waals surface area contributed by atoms with Crippen molar-refractivity contribution >= 4 is 11.8 Å². The summed E-state index contributed by atoms with van der Waals surface area (Å²) in [7, 11) is 0. The number of nitrogen functional groups attached to an aromatic ring is 1. The van der Waals surface area contributed by atoms with Crippen molar-refractivity contribution in [1.29, 1.82) is 0 Å². The number of carbonyl (C=O) groups is 1. The van der Waals surface area contributed by atoms with E-state index in [1.807, 2.05) is 0 Å². The molecular weight excluding hydrogens is 293 g/mol. The molecular formula is C12H15F3N2O4. The third-order valence-corrected chi connectivity index (χ3v) is 2.64. The molecule has 0 bridgehead atoms. The minimum absolute atomic E-state index is 0.0783. The molecule has 1 aromatic heterocycles. The van der Waals surface area contributed by atoms with Crippen molar-refractivity contribution in [2.45, 2.75) is 31.7 Å². The number of ether oxygens (including phenoxy) is 1. The van der Waals surface area contributed by atoms with Gasteiger partial charge in [0.25, 0.3) is 0 Å². The van der Waals surface area contributed by atoms with E-state index in [0.29, 0.717) is 12.3 Å². The van der Waals surface area contributed by atoms with Crippen LogP contribution in [0.15, 0.2) is 12.3 Å². The van der Waals surface area contributed by atoms with Crippen LogP contribution in [0.5, 0.6) is 0 Å². The summed E-state index contributed by atoms with van der Waals surface area (Å²) in [6.45, 7) is 1.63. The predicted octanol–water partition coefficient (Wildman–Crippen LogP) is 1.03. The fourth-order valence-electron chi connectivity index (χ4n) is 1.59. The van der Waals surface area contributed by atoms with Crippen LogP contribution in [0.2, 0.25) is 0 Å². The van der Waals surface area contributed by atoms with Gasteiger partial charge in [0, 0.05) is 11.8 Å². The standard InChI is InChI=1S/C12H15F3N2O4/c1-2-21-9(19)4-8(18)10(20)7-3-6(12(13,14)15)5-17-11(7)16/h3,5,8,10,18,20H,2,4H2,1H3,(H2,16,17). The van der Waals surface area contributed by atoms with Gasteiger partial charge in [0.15, 0.2) is 0 Å². The predicted molar refractivity (Wildman–Crippen MR) is 65.9 cm³/mol. The Hall–Kier alpha value is -1.87. The van der Waals surface area contributed by atoms with Crippen molar-refractivity contribution in [1.82, 2.24) is 4.98 Å². The van der Waals surface area contributed by atoms with E-state index in [0.717, 1.165) is 0 Å². The number of anilines is 1. The Morgan fingerprint density at radius 3 is 2.62 bits per heavy atom. The lowest BCUT2D eigenvalue weighted by molar-refractivity contribution is -0.147. The molecule has 0 saturated carbocycles. The lowest BCUT2D eigenvalue weighted by atomic mass is 10.0. The Bertz CT molecular complexity index is 508. The van der Waals surface area contributed by atoms with Crippen molar-refractivity contribution < 1.29 is 32.9 Å². The van der Waals surface area contributed by atoms with Gasteiger partial charge >= 0.3 is 12.1 Å². The number of aliphatic hydroxyl groups excluding tert-OH is 2. The Morgan fingerprint density at radius 1 is 1.48 bits per heavy atom. The number of hydrogen-bond donors (Lipinski definition) is 3. The van der Waals surface area contributed by atoms with Gasteiger partial charge in [0.2, 0.25) is 0 Å². The first-order valence-corrected chi connectivity index (χ1v) is 6.01. The van der Waals surface area contributed by atoms with Crippen LogP contribution in [0.3, 0.4) is 0 Å². The molecule has 0 radical (unpaired) electrons. The number of pyridine rings is 1. The molecule has 6 nitrogen and oxygen atoms in total. The molecule has 118 valence electrons. The quantitative estimate of drug-likeness (QED) is 0.702. The second kappa shape index (κ2) is 6.72. The zero-order valence-corrected chi connectivity index (χ0v) is 11.1. The summed E-state index contributed by atoms with van der Waals surface area (Å²) in [5.41, 5.74) is 3.88. The van der Waals surface area contributed by atoms with Gasteiger partial charge in [0.1, 0.15) is 11.9 Å². The molecule has 0 aliphatic carbocycles. The Morgan fingerprint density at radius 2 is 2.10 bits per heavy atom. The van der Waals surface area contributed by atoms with Crippen LogP contribution in [0.25, 0.3) is 0 Å². The maximum atomic E-state index is 12.6. The minimum Gasteiger partial charge on any atom is -0.466 e. The van der Waals surface area contributed by atoms with Crippen LogP contribution in [-0.2, 0) is 15.7 Å². The van der Waals surface area contributed by atoms with Crippen molar-refractivity contribution in [2.75, 3.05) is 12.3 Å². The molecule has 0 saturated heterocycles. The molecule has 0 spiro atoms. The summed E-state index contributed by atoms with van der Waals surface area (Å²) in [6.07, 6.45) is -8.17. The summed E-state index contributed by atoms with van der Waals surface area (Å²) < 4.78 is 42.3. The van der Waals surface area contributed by atoms with Crippen molar-refractivity contribution in [3.63, 3.8) is 0 Å². The first-order valence-electron chi connectivity index (χ1n) is 6.01. The van der Waals surface area contributed by atoms with E-state index in [9.17, 15) is 28.2 Å². The molecule has 1 rings (SSSR count). The highest BCUT2D eigenvalue weighted by Crippen LogP contribution is 2.33. The largest absolute Gasteiger partial charge is 0.466 e. The summed E-state index contributed by atoms with van der Waals surface area (Å²) in [4.78, 5) is 14.5. The van der Waals surface area contributed by atoms with Crippen LogP contribution in [0, 0.1) is 0 Å². The van der Waals surface area contributed by atoms with Gasteiger partial charge < -0.3 is 20.7 Å². The zero-order valence-electron chi connectivity index (χ0n) is 11.1. The molecule has 0 aromatic carbocycles. The van der Waals surface area contributed by atoms with Crippen molar-refractivity contribution in [3.8, 4) is 0 Å². The maximum absolute atomic E-state index is 12.6. The molecule has 0 amide bonds. The lowest BCUT2D eigenvalue weighted by Crippen LogP contribution is -2.24. The van der Waals surface area contributed by atoms with E-state index >= 15 is 0 Å². The average molecular weight is 308 g/mol. The van der Waals surface area contributed by atoms with Crippen LogP contribution in [-0.4, -0.2) is 33.9 Å². The van der Waals surface area contributed by atoms with Gasteiger partial charge in [-0.05, 0) is 13.0 Å². The molecule has 4 N–H and O–H groups in total. The molecule has 0 fully saturated rings. The number of aliphatic hydroxyl groups is 2. The van der Waals surface area contributed by atoms with Crippen LogP contribution >= 0.6 is 0 Å². The molecule has 21 heavy (non-hydrogen) atoms. The van der Waals surface area contributed by atoms with Gasteiger partial charge in [-0.1, -0.05) is 0 Å². The first-order chi connectivity index (χ1) is 9.66. The number of aromatic nitrogens is 1. The number of hydrogen-bond acceptors (Lipinski definition) is 6. The monoisotopic (exact) mass is 308 g/mol. The third kappa shape index (κ3) is 4.57. The summed E-state index contributed by atoms with van der Waals surface area (Å²) in [5, 5.41) is 19.5. The van der Waals surface area contributed by atoms with E-state index in [4.69, 9.17) is 5.73 Å². The number of carbonyl (C=O) groups excluding carboxylic acids is 1. The van der Waals surface area contributed by atoms with E-state index in [2.05, 4.69) is 9.72 Å². The Labute approximate surface area is 118 Å². The highest BCUT2D eigenvalue weighted by atomic mass is 19.4. The number of nitrogens with two attached hydrogens (primary N) is 1. The fraction of sp³-hybridized carbons (Fsp3) is 0.500. The summed E-state index contributed by atoms with van der Waals surface area (Å²) in [6, 6.07) is 0.585. The van der Waals surface area contributed by atoms with E-state index in [1.165, 1.54) is 0 Å². The van der Waals surface area contributed by atoms with E-state index in [1.54, 1.807) is 6.92 Å². The van der Waals surface area contributed by atoms with Crippen molar-refractivity contribution in [2.24, 2.45) is 0 Å². The molecule has 0 aliphatic rings. The second-order valence-electron chi connectivity index (χ2n) is 4.22. The molecule has 2 atom stereocenters. The Kier molecular flexibility index (Phi) is 5.50. The summed E-state index contributed by atoms with van der Waals surface area (Å²) >= 11 is 0. The highest BCUT2D eigenvalue weighted by Gasteiger charge is 2.33. The van der Waals surface area contributed by atoms with Crippen LogP contribution in [0.1, 0.15) is 30.6 Å². The number of halogens is 3. The normalized spacial score (nSPS) is 14.6. The van der Waals surface area contributed by atoms with Gasteiger partial charge in [-0.25, -0.2) is 4.98 Å². The second-order valence-corrected chi connectivity index (χ2v) is 4.22. The van der Waals surface area contributed by atoms with Crippen LogP contribution < -0.4 is 5.73 Å². The van der Waals surface area contributed by atoms with Gasteiger partial charge in [0.05, 0.1) is 24.7 Å². The number of esters is 1. The van der Waals surface area contributed by atoms with Gasteiger partial charge in [-0.15, -0.1) is 0 Å². The number of nitrogens with zero attached hydrogens (tertiary/aromatic N) is 1. The maximum Gasteiger partial charge on any atom is 0.417 e.